The van der Waals surface area contributed by atoms with Crippen LogP contribution in [-0.2, 0) is 20.6 Å². The van der Waals surface area contributed by atoms with Crippen molar-refractivity contribution in [3.8, 4) is 5.75 Å². The SMILES string of the molecule is CCOc1ccc(N(CC(=O)NCCSCc2c(F)cccc2Cl)S(=O)(=O)c2ccc(C)cc2)cc1. The zero-order valence-electron chi connectivity index (χ0n) is 20.0. The van der Waals surface area contributed by atoms with Gasteiger partial charge in [-0.3, -0.25) is 9.10 Å². The molecule has 0 saturated heterocycles. The maximum atomic E-state index is 13.9. The molecule has 0 aromatic heterocycles. The molecule has 0 fully saturated rings. The van der Waals surface area contributed by atoms with Crippen molar-refractivity contribution in [3.05, 3.63) is 88.7 Å². The minimum Gasteiger partial charge on any atom is -0.494 e. The molecule has 6 nitrogen and oxygen atoms in total. The zero-order valence-corrected chi connectivity index (χ0v) is 22.4. The Morgan fingerprint density at radius 3 is 2.42 bits per heavy atom. The minimum absolute atomic E-state index is 0.0899. The number of nitrogens with one attached hydrogen (secondary N) is 1. The fourth-order valence-electron chi connectivity index (χ4n) is 3.32. The van der Waals surface area contributed by atoms with Crippen LogP contribution in [0, 0.1) is 12.7 Å². The first kappa shape index (κ1) is 27.8. The molecule has 0 aliphatic carbocycles. The molecule has 0 aliphatic heterocycles. The highest BCUT2D eigenvalue weighted by Gasteiger charge is 2.27. The van der Waals surface area contributed by atoms with Gasteiger partial charge in [0.15, 0.2) is 0 Å². The monoisotopic (exact) mass is 550 g/mol. The van der Waals surface area contributed by atoms with Gasteiger partial charge in [0.2, 0.25) is 5.91 Å². The summed E-state index contributed by atoms with van der Waals surface area (Å²) in [6, 6.07) is 17.6. The topological polar surface area (TPSA) is 75.7 Å². The molecule has 0 spiro atoms. The number of carbonyl (C=O) groups excluding carboxylic acids is 1. The number of hydrogen-bond acceptors (Lipinski definition) is 5. The molecule has 0 unspecified atom stereocenters. The molecule has 0 atom stereocenters. The van der Waals surface area contributed by atoms with E-state index in [0.717, 1.165) is 9.87 Å². The Morgan fingerprint density at radius 1 is 1.08 bits per heavy atom. The van der Waals surface area contributed by atoms with Gasteiger partial charge in [0, 0.05) is 28.6 Å². The third kappa shape index (κ3) is 7.38. The lowest BCUT2D eigenvalue weighted by Gasteiger charge is -2.24. The predicted molar refractivity (Wildman–Crippen MR) is 144 cm³/mol. The highest BCUT2D eigenvalue weighted by Crippen LogP contribution is 2.26. The van der Waals surface area contributed by atoms with E-state index in [4.69, 9.17) is 16.3 Å². The van der Waals surface area contributed by atoms with E-state index in [1.54, 1.807) is 48.5 Å². The molecule has 1 amide bonds. The van der Waals surface area contributed by atoms with Crippen LogP contribution in [0.2, 0.25) is 5.02 Å². The van der Waals surface area contributed by atoms with Crippen molar-refractivity contribution in [2.24, 2.45) is 0 Å². The lowest BCUT2D eigenvalue weighted by Crippen LogP contribution is -2.41. The summed E-state index contributed by atoms with van der Waals surface area (Å²) in [7, 11) is -4.00. The maximum Gasteiger partial charge on any atom is 0.264 e. The molecule has 3 rings (SSSR count). The lowest BCUT2D eigenvalue weighted by molar-refractivity contribution is -0.119. The van der Waals surface area contributed by atoms with Gasteiger partial charge in [-0.1, -0.05) is 35.4 Å². The molecule has 0 saturated carbocycles. The number of benzene rings is 3. The number of anilines is 1. The van der Waals surface area contributed by atoms with Crippen LogP contribution in [0.3, 0.4) is 0 Å². The molecule has 10 heteroatoms. The van der Waals surface area contributed by atoms with Crippen LogP contribution < -0.4 is 14.4 Å². The van der Waals surface area contributed by atoms with E-state index in [1.165, 1.54) is 30.0 Å². The van der Waals surface area contributed by atoms with Gasteiger partial charge in [-0.2, -0.15) is 11.8 Å². The van der Waals surface area contributed by atoms with Crippen LogP contribution in [-0.4, -0.2) is 39.8 Å². The summed E-state index contributed by atoms with van der Waals surface area (Å²) in [5, 5.41) is 3.11. The van der Waals surface area contributed by atoms with Crippen molar-refractivity contribution in [3.63, 3.8) is 0 Å². The van der Waals surface area contributed by atoms with Crippen molar-refractivity contribution >= 4 is 45.0 Å². The van der Waals surface area contributed by atoms with Gasteiger partial charge < -0.3 is 10.1 Å². The Bertz CT molecular complexity index is 1250. The van der Waals surface area contributed by atoms with Crippen LogP contribution in [0.1, 0.15) is 18.1 Å². The summed E-state index contributed by atoms with van der Waals surface area (Å²) in [5.41, 5.74) is 1.69. The van der Waals surface area contributed by atoms with Crippen LogP contribution >= 0.6 is 23.4 Å². The van der Waals surface area contributed by atoms with Gasteiger partial charge in [0.25, 0.3) is 10.0 Å². The lowest BCUT2D eigenvalue weighted by atomic mass is 10.2. The molecule has 3 aromatic carbocycles. The van der Waals surface area contributed by atoms with Crippen molar-refractivity contribution < 1.29 is 22.3 Å². The number of halogens is 2. The van der Waals surface area contributed by atoms with Crippen LogP contribution in [0.4, 0.5) is 10.1 Å². The number of nitrogens with zero attached hydrogens (tertiary/aromatic N) is 1. The number of amides is 1. The van der Waals surface area contributed by atoms with Gasteiger partial charge in [-0.25, -0.2) is 12.8 Å². The largest absolute Gasteiger partial charge is 0.494 e. The zero-order chi connectivity index (χ0) is 26.1. The molecule has 0 radical (unpaired) electrons. The van der Waals surface area contributed by atoms with E-state index in [1.807, 2.05) is 13.8 Å². The fraction of sp³-hybridized carbons (Fsp3) is 0.269. The average molecular weight is 551 g/mol. The molecule has 1 N–H and O–H groups in total. The summed E-state index contributed by atoms with van der Waals surface area (Å²) < 4.78 is 47.3. The quantitative estimate of drug-likeness (QED) is 0.304. The number of aryl methyl sites for hydroxylation is 1. The first-order valence-corrected chi connectivity index (χ1v) is 14.3. The van der Waals surface area contributed by atoms with E-state index in [0.29, 0.717) is 40.1 Å². The van der Waals surface area contributed by atoms with Crippen molar-refractivity contribution in [2.45, 2.75) is 24.5 Å². The van der Waals surface area contributed by atoms with Gasteiger partial charge >= 0.3 is 0 Å². The van der Waals surface area contributed by atoms with Crippen molar-refractivity contribution in [1.82, 2.24) is 5.32 Å². The van der Waals surface area contributed by atoms with E-state index >= 15 is 0 Å². The molecule has 0 aliphatic rings. The number of hydrogen-bond donors (Lipinski definition) is 1. The maximum absolute atomic E-state index is 13.9. The standard InChI is InChI=1S/C26H28ClFN2O4S2/c1-3-34-21-11-9-20(10-12-21)30(36(32,33)22-13-7-19(2)8-14-22)17-26(31)29-15-16-35-18-23-24(27)5-4-6-25(23)28/h4-14H,3,15-18H2,1-2H3,(H,29,31). The van der Waals surface area contributed by atoms with Gasteiger partial charge in [-0.05, 0) is 62.4 Å². The average Bonchev–Trinajstić information content (AvgIpc) is 2.85. The normalized spacial score (nSPS) is 11.2. The number of carbonyl (C=O) groups is 1. The number of rotatable bonds is 12. The number of sulfonamides is 1. The molecule has 0 heterocycles. The summed E-state index contributed by atoms with van der Waals surface area (Å²) in [6.45, 7) is 4.10. The van der Waals surface area contributed by atoms with Crippen LogP contribution in [0.25, 0.3) is 0 Å². The molecule has 0 bridgehead atoms. The van der Waals surface area contributed by atoms with Crippen molar-refractivity contribution in [2.75, 3.05) is 29.8 Å². The highest BCUT2D eigenvalue weighted by atomic mass is 35.5. The smallest absolute Gasteiger partial charge is 0.264 e. The second kappa shape index (κ2) is 13.0. The summed E-state index contributed by atoms with van der Waals surface area (Å²) in [4.78, 5) is 12.8. The summed E-state index contributed by atoms with van der Waals surface area (Å²) in [6.07, 6.45) is 0. The Hall–Kier alpha value is -2.75. The summed E-state index contributed by atoms with van der Waals surface area (Å²) in [5.74, 6) is 0.645. The first-order chi connectivity index (χ1) is 17.2. The highest BCUT2D eigenvalue weighted by molar-refractivity contribution is 7.98. The van der Waals surface area contributed by atoms with Crippen molar-refractivity contribution in [1.29, 1.82) is 0 Å². The van der Waals surface area contributed by atoms with E-state index in [-0.39, 0.29) is 17.3 Å². The fourth-order valence-corrected chi connectivity index (χ4v) is 5.94. The van der Waals surface area contributed by atoms with Crippen LogP contribution in [0.15, 0.2) is 71.6 Å². The van der Waals surface area contributed by atoms with Gasteiger partial charge in [0.1, 0.15) is 18.1 Å². The number of ether oxygens (including phenoxy) is 1. The summed E-state index contributed by atoms with van der Waals surface area (Å²) >= 11 is 7.46. The molecule has 192 valence electrons. The van der Waals surface area contributed by atoms with Crippen LogP contribution in [0.5, 0.6) is 5.75 Å². The third-order valence-corrected chi connectivity index (χ3v) is 8.34. The van der Waals surface area contributed by atoms with Gasteiger partial charge in [-0.15, -0.1) is 0 Å². The second-order valence-electron chi connectivity index (χ2n) is 7.85. The third-order valence-electron chi connectivity index (χ3n) is 5.21. The molecular weight excluding hydrogens is 523 g/mol. The second-order valence-corrected chi connectivity index (χ2v) is 11.2. The Labute approximate surface area is 220 Å². The minimum atomic E-state index is -4.00. The van der Waals surface area contributed by atoms with E-state index in [9.17, 15) is 17.6 Å². The Balaban J connectivity index is 1.67. The first-order valence-electron chi connectivity index (χ1n) is 11.3. The number of thioether (sulfide) groups is 1. The van der Waals surface area contributed by atoms with E-state index in [2.05, 4.69) is 5.32 Å². The Morgan fingerprint density at radius 2 is 1.78 bits per heavy atom. The predicted octanol–water partition coefficient (Wildman–Crippen LogP) is 5.43. The van der Waals surface area contributed by atoms with E-state index < -0.39 is 22.5 Å². The van der Waals surface area contributed by atoms with Gasteiger partial charge in [0.05, 0.1) is 17.2 Å². The Kier molecular flexibility index (Phi) is 10.0. The molecule has 36 heavy (non-hydrogen) atoms. The molecular formula is C26H28ClFN2O4S2. The molecule has 3 aromatic rings.